The molecule has 200 valence electrons. The van der Waals surface area contributed by atoms with E-state index in [1.54, 1.807) is 12.1 Å². The highest BCUT2D eigenvalue weighted by molar-refractivity contribution is 7.90. The third-order valence-electron chi connectivity index (χ3n) is 5.49. The number of amides is 2. The lowest BCUT2D eigenvalue weighted by molar-refractivity contribution is -0.137. The number of anilines is 1. The lowest BCUT2D eigenvalue weighted by Gasteiger charge is -2.13. The summed E-state index contributed by atoms with van der Waals surface area (Å²) in [5, 5.41) is 2.51. The number of nitrogens with one attached hydrogen (secondary N) is 2. The van der Waals surface area contributed by atoms with Crippen molar-refractivity contribution in [1.82, 2.24) is 4.72 Å². The minimum atomic E-state index is -4.60. The maximum absolute atomic E-state index is 12.9. The van der Waals surface area contributed by atoms with Gasteiger partial charge in [0.15, 0.2) is 0 Å². The second-order valence-electron chi connectivity index (χ2n) is 8.26. The fourth-order valence-corrected chi connectivity index (χ4v) is 4.63. The molecule has 0 aliphatic carbocycles. The van der Waals surface area contributed by atoms with E-state index in [0.717, 1.165) is 17.7 Å². The lowest BCUT2D eigenvalue weighted by Crippen LogP contribution is -2.31. The average molecular weight is 555 g/mol. The van der Waals surface area contributed by atoms with E-state index < -0.39 is 38.5 Å². The van der Waals surface area contributed by atoms with Gasteiger partial charge in [0.2, 0.25) is 0 Å². The van der Waals surface area contributed by atoms with Crippen molar-refractivity contribution in [2.24, 2.45) is 0 Å². The Morgan fingerprint density at radius 3 is 1.92 bits per heavy atom. The molecule has 0 aliphatic rings. The highest BCUT2D eigenvalue weighted by atomic mass is 32.2. The topological polar surface area (TPSA) is 102 Å². The van der Waals surface area contributed by atoms with Crippen LogP contribution in [0.4, 0.5) is 18.9 Å². The van der Waals surface area contributed by atoms with E-state index >= 15 is 0 Å². The summed E-state index contributed by atoms with van der Waals surface area (Å²) < 4.78 is 71.7. The van der Waals surface area contributed by atoms with Gasteiger partial charge in [-0.25, -0.2) is 13.1 Å². The molecule has 0 aromatic heterocycles. The molecule has 0 spiro atoms. The second-order valence-corrected chi connectivity index (χ2v) is 9.91. The van der Waals surface area contributed by atoms with Crippen LogP contribution in [0.1, 0.15) is 31.8 Å². The number of alkyl halides is 3. The summed E-state index contributed by atoms with van der Waals surface area (Å²) in [7, 11) is -4.50. The van der Waals surface area contributed by atoms with E-state index in [9.17, 15) is 31.2 Å². The number of para-hydroxylation sites is 1. The van der Waals surface area contributed by atoms with Gasteiger partial charge in [-0.1, -0.05) is 42.5 Å². The highest BCUT2D eigenvalue weighted by Crippen LogP contribution is 2.29. The number of hydrogen-bond donors (Lipinski definition) is 2. The SMILES string of the molecule is O=C(Nc1ccccc1S(=O)(=O)NC(=O)c1ccc(C(F)(F)F)cc1)c1ccc(OCc2ccccc2)cc1. The molecule has 2 N–H and O–H groups in total. The molecule has 0 saturated heterocycles. The highest BCUT2D eigenvalue weighted by Gasteiger charge is 2.30. The van der Waals surface area contributed by atoms with Gasteiger partial charge in [-0.2, -0.15) is 13.2 Å². The molecule has 0 atom stereocenters. The molecule has 0 bridgehead atoms. The Balaban J connectivity index is 1.44. The van der Waals surface area contributed by atoms with Crippen LogP contribution in [0, 0.1) is 0 Å². The Morgan fingerprint density at radius 1 is 0.718 bits per heavy atom. The van der Waals surface area contributed by atoms with Gasteiger partial charge in [0, 0.05) is 11.1 Å². The molecular formula is C28H21F3N2O5S. The minimum absolute atomic E-state index is 0.0976. The quantitative estimate of drug-likeness (QED) is 0.293. The van der Waals surface area contributed by atoms with Gasteiger partial charge in [-0.15, -0.1) is 0 Å². The fourth-order valence-electron chi connectivity index (χ4n) is 3.49. The molecule has 11 heteroatoms. The van der Waals surface area contributed by atoms with Crippen molar-refractivity contribution in [3.8, 4) is 5.75 Å². The van der Waals surface area contributed by atoms with E-state index in [1.807, 2.05) is 35.1 Å². The zero-order valence-electron chi connectivity index (χ0n) is 20.1. The molecule has 7 nitrogen and oxygen atoms in total. The summed E-state index contributed by atoms with van der Waals surface area (Å²) in [6.45, 7) is 0.343. The van der Waals surface area contributed by atoms with E-state index in [4.69, 9.17) is 4.74 Å². The van der Waals surface area contributed by atoms with Crippen molar-refractivity contribution >= 4 is 27.5 Å². The first kappa shape index (κ1) is 27.4. The number of benzene rings is 4. The number of rotatable bonds is 8. The number of ether oxygens (including phenoxy) is 1. The predicted molar refractivity (Wildman–Crippen MR) is 138 cm³/mol. The first-order valence-corrected chi connectivity index (χ1v) is 12.9. The second kappa shape index (κ2) is 11.4. The molecule has 0 unspecified atom stereocenters. The van der Waals surface area contributed by atoms with Gasteiger partial charge in [-0.3, -0.25) is 9.59 Å². The lowest BCUT2D eigenvalue weighted by atomic mass is 10.1. The molecule has 2 amide bonds. The smallest absolute Gasteiger partial charge is 0.416 e. The first-order valence-electron chi connectivity index (χ1n) is 11.4. The summed E-state index contributed by atoms with van der Waals surface area (Å²) in [5.41, 5.74) is -0.168. The Hall–Kier alpha value is -4.64. The standard InChI is InChI=1S/C28H21F3N2O5S/c29-28(30,31)22-14-10-21(11-15-22)27(35)33-39(36,37)25-9-5-4-8-24(25)32-26(34)20-12-16-23(17-13-20)38-18-19-6-2-1-3-7-19/h1-17H,18H2,(H,32,34)(H,33,35). The molecule has 0 saturated carbocycles. The first-order chi connectivity index (χ1) is 18.5. The summed E-state index contributed by atoms with van der Waals surface area (Å²) in [5.74, 6) is -1.21. The zero-order chi connectivity index (χ0) is 28.0. The molecule has 0 fully saturated rings. The maximum atomic E-state index is 12.9. The van der Waals surface area contributed by atoms with Crippen LogP contribution in [0.25, 0.3) is 0 Å². The van der Waals surface area contributed by atoms with Crippen LogP contribution in [0.2, 0.25) is 0 Å². The van der Waals surface area contributed by atoms with Crippen molar-refractivity contribution < 1.29 is 35.9 Å². The van der Waals surface area contributed by atoms with Crippen LogP contribution in [-0.4, -0.2) is 20.2 Å². The van der Waals surface area contributed by atoms with Gasteiger partial charge in [0.05, 0.1) is 11.3 Å². The minimum Gasteiger partial charge on any atom is -0.489 e. The molecule has 4 aromatic carbocycles. The Labute approximate surface area is 222 Å². The number of halogens is 3. The van der Waals surface area contributed by atoms with Crippen LogP contribution in [-0.2, 0) is 22.8 Å². The maximum Gasteiger partial charge on any atom is 0.416 e. The van der Waals surface area contributed by atoms with Gasteiger partial charge in [0.25, 0.3) is 21.8 Å². The van der Waals surface area contributed by atoms with Crippen LogP contribution < -0.4 is 14.8 Å². The number of carbonyl (C=O) groups is 2. The van der Waals surface area contributed by atoms with Crippen molar-refractivity contribution in [2.45, 2.75) is 17.7 Å². The van der Waals surface area contributed by atoms with Gasteiger partial charge >= 0.3 is 6.18 Å². The summed E-state index contributed by atoms with van der Waals surface area (Å²) in [6, 6.07) is 24.2. The van der Waals surface area contributed by atoms with Crippen molar-refractivity contribution in [3.05, 3.63) is 125 Å². The molecular weight excluding hydrogens is 533 g/mol. The monoisotopic (exact) mass is 554 g/mol. The van der Waals surface area contributed by atoms with E-state index in [1.165, 1.54) is 36.4 Å². The zero-order valence-corrected chi connectivity index (χ0v) is 20.9. The normalized spacial score (nSPS) is 11.5. The van der Waals surface area contributed by atoms with Gasteiger partial charge < -0.3 is 10.1 Å². The number of hydrogen-bond acceptors (Lipinski definition) is 5. The molecule has 4 rings (SSSR count). The molecule has 4 aromatic rings. The average Bonchev–Trinajstić information content (AvgIpc) is 2.92. The molecule has 39 heavy (non-hydrogen) atoms. The van der Waals surface area contributed by atoms with Gasteiger partial charge in [0.1, 0.15) is 17.3 Å². The van der Waals surface area contributed by atoms with E-state index in [2.05, 4.69) is 5.32 Å². The van der Waals surface area contributed by atoms with Crippen LogP contribution in [0.5, 0.6) is 5.75 Å². The van der Waals surface area contributed by atoms with Crippen molar-refractivity contribution in [1.29, 1.82) is 0 Å². The number of carbonyl (C=O) groups excluding carboxylic acids is 2. The van der Waals surface area contributed by atoms with E-state index in [-0.39, 0.29) is 16.8 Å². The van der Waals surface area contributed by atoms with Crippen LogP contribution in [0.3, 0.4) is 0 Å². The molecule has 0 heterocycles. The Bertz CT molecular complexity index is 1570. The third-order valence-corrected chi connectivity index (χ3v) is 6.88. The van der Waals surface area contributed by atoms with Crippen molar-refractivity contribution in [2.75, 3.05) is 5.32 Å². The summed E-state index contributed by atoms with van der Waals surface area (Å²) in [6.07, 6.45) is -4.60. The van der Waals surface area contributed by atoms with Crippen molar-refractivity contribution in [3.63, 3.8) is 0 Å². The Morgan fingerprint density at radius 2 is 1.28 bits per heavy atom. The molecule has 0 aliphatic heterocycles. The third kappa shape index (κ3) is 7.02. The predicted octanol–water partition coefficient (Wildman–Crippen LogP) is 5.66. The Kier molecular flexibility index (Phi) is 8.01. The summed E-state index contributed by atoms with van der Waals surface area (Å²) in [4.78, 5) is 24.9. The molecule has 0 radical (unpaired) electrons. The van der Waals surface area contributed by atoms with E-state index in [0.29, 0.717) is 24.5 Å². The van der Waals surface area contributed by atoms with Gasteiger partial charge in [-0.05, 0) is 66.2 Å². The largest absolute Gasteiger partial charge is 0.489 e. The van der Waals surface area contributed by atoms with Crippen LogP contribution in [0.15, 0.2) is 108 Å². The summed E-state index contributed by atoms with van der Waals surface area (Å²) >= 11 is 0. The van der Waals surface area contributed by atoms with Crippen LogP contribution >= 0.6 is 0 Å². The number of sulfonamides is 1. The fraction of sp³-hybridized carbons (Fsp3) is 0.0714.